The first-order valence-electron chi connectivity index (χ1n) is 7.47. The zero-order valence-electron chi connectivity index (χ0n) is 12.2. The Balaban J connectivity index is 1.39. The third kappa shape index (κ3) is 2.80. The maximum absolute atomic E-state index is 4.67. The van der Waals surface area contributed by atoms with Crippen LogP contribution in [0.5, 0.6) is 0 Å². The van der Waals surface area contributed by atoms with Gasteiger partial charge in [-0.15, -0.1) is 0 Å². The van der Waals surface area contributed by atoms with E-state index in [4.69, 9.17) is 0 Å². The van der Waals surface area contributed by atoms with Gasteiger partial charge in [-0.1, -0.05) is 17.4 Å². The summed E-state index contributed by atoms with van der Waals surface area (Å²) in [6.45, 7) is 5.03. The Hall–Kier alpha value is -2.05. The van der Waals surface area contributed by atoms with E-state index in [-0.39, 0.29) is 0 Å². The lowest BCUT2D eigenvalue weighted by Crippen LogP contribution is -2.46. The van der Waals surface area contributed by atoms with E-state index in [0.29, 0.717) is 0 Å². The summed E-state index contributed by atoms with van der Waals surface area (Å²) in [7, 11) is 0. The van der Waals surface area contributed by atoms with Crippen LogP contribution in [0.25, 0.3) is 10.3 Å². The number of piperazine rings is 1. The smallest absolute Gasteiger partial charge is 0.143 e. The van der Waals surface area contributed by atoms with Gasteiger partial charge in [0.2, 0.25) is 0 Å². The molecule has 0 amide bonds. The van der Waals surface area contributed by atoms with Crippen molar-refractivity contribution in [1.82, 2.24) is 19.9 Å². The van der Waals surface area contributed by atoms with E-state index in [2.05, 4.69) is 30.8 Å². The predicted octanol–water partition coefficient (Wildman–Crippen LogP) is 2.41. The largest absolute Gasteiger partial charge is 0.354 e. The molecule has 0 unspecified atom stereocenters. The number of hydrogen-bond acceptors (Lipinski definition) is 6. The molecule has 1 fully saturated rings. The quantitative estimate of drug-likeness (QED) is 0.743. The average Bonchev–Trinajstić information content (AvgIpc) is 2.98. The standard InChI is InChI=1S/C16H17N5S/c1-2-6-17-14(5-1)21-10-8-20(9-11-21)12-15-19-13-4-3-7-18-16(13)22-15/h1-7H,8-12H2. The summed E-state index contributed by atoms with van der Waals surface area (Å²) >= 11 is 1.70. The minimum atomic E-state index is 0.914. The Bertz CT molecular complexity index is 716. The molecule has 4 rings (SSSR count). The molecule has 0 spiro atoms. The first-order valence-corrected chi connectivity index (χ1v) is 8.29. The maximum atomic E-state index is 4.67. The van der Waals surface area contributed by atoms with E-state index in [9.17, 15) is 0 Å². The summed E-state index contributed by atoms with van der Waals surface area (Å²) in [5.41, 5.74) is 1.01. The van der Waals surface area contributed by atoms with Gasteiger partial charge >= 0.3 is 0 Å². The van der Waals surface area contributed by atoms with Crippen LogP contribution in [0.4, 0.5) is 5.82 Å². The monoisotopic (exact) mass is 311 g/mol. The summed E-state index contributed by atoms with van der Waals surface area (Å²) < 4.78 is 0. The lowest BCUT2D eigenvalue weighted by atomic mass is 10.3. The van der Waals surface area contributed by atoms with Crippen LogP contribution in [0.2, 0.25) is 0 Å². The molecule has 1 aliphatic heterocycles. The van der Waals surface area contributed by atoms with E-state index in [0.717, 1.165) is 53.9 Å². The van der Waals surface area contributed by atoms with Gasteiger partial charge in [0.25, 0.3) is 0 Å². The van der Waals surface area contributed by atoms with Crippen molar-refractivity contribution in [3.63, 3.8) is 0 Å². The van der Waals surface area contributed by atoms with Crippen molar-refractivity contribution in [1.29, 1.82) is 0 Å². The number of aromatic nitrogens is 3. The van der Waals surface area contributed by atoms with Crippen molar-refractivity contribution in [3.8, 4) is 0 Å². The molecule has 1 aliphatic rings. The zero-order valence-corrected chi connectivity index (χ0v) is 13.0. The van der Waals surface area contributed by atoms with Crippen LogP contribution in [-0.2, 0) is 6.54 Å². The van der Waals surface area contributed by atoms with Crippen molar-refractivity contribution in [2.75, 3.05) is 31.1 Å². The van der Waals surface area contributed by atoms with Crippen molar-refractivity contribution in [3.05, 3.63) is 47.7 Å². The molecule has 3 aromatic heterocycles. The van der Waals surface area contributed by atoms with E-state index < -0.39 is 0 Å². The molecule has 0 aliphatic carbocycles. The summed E-state index contributed by atoms with van der Waals surface area (Å²) in [5.74, 6) is 1.08. The minimum Gasteiger partial charge on any atom is -0.354 e. The number of nitrogens with zero attached hydrogens (tertiary/aromatic N) is 5. The molecule has 0 aromatic carbocycles. The Morgan fingerprint density at radius 2 is 1.82 bits per heavy atom. The topological polar surface area (TPSA) is 45.2 Å². The van der Waals surface area contributed by atoms with Crippen LogP contribution in [0.3, 0.4) is 0 Å². The van der Waals surface area contributed by atoms with Gasteiger partial charge in [0.1, 0.15) is 21.2 Å². The highest BCUT2D eigenvalue weighted by atomic mass is 32.1. The highest BCUT2D eigenvalue weighted by Crippen LogP contribution is 2.21. The van der Waals surface area contributed by atoms with Gasteiger partial charge in [0.15, 0.2) is 0 Å². The van der Waals surface area contributed by atoms with Crippen LogP contribution in [-0.4, -0.2) is 46.0 Å². The molecule has 6 heteroatoms. The van der Waals surface area contributed by atoms with E-state index in [1.54, 1.807) is 11.3 Å². The Labute approximate surface area is 133 Å². The molecule has 22 heavy (non-hydrogen) atoms. The average molecular weight is 311 g/mol. The van der Waals surface area contributed by atoms with Gasteiger partial charge in [0.05, 0.1) is 6.54 Å². The van der Waals surface area contributed by atoms with E-state index in [1.165, 1.54) is 0 Å². The number of fused-ring (bicyclic) bond motifs is 1. The van der Waals surface area contributed by atoms with E-state index >= 15 is 0 Å². The molecular weight excluding hydrogens is 294 g/mol. The van der Waals surface area contributed by atoms with Crippen LogP contribution < -0.4 is 4.90 Å². The number of hydrogen-bond donors (Lipinski definition) is 0. The van der Waals surface area contributed by atoms with Gasteiger partial charge in [-0.2, -0.15) is 0 Å². The van der Waals surface area contributed by atoms with Crippen LogP contribution in [0, 0.1) is 0 Å². The number of thiazole rings is 1. The molecule has 3 aromatic rings. The summed E-state index contributed by atoms with van der Waals surface area (Å²) in [6.07, 6.45) is 3.69. The number of pyridine rings is 2. The summed E-state index contributed by atoms with van der Waals surface area (Å²) in [4.78, 5) is 19.3. The highest BCUT2D eigenvalue weighted by molar-refractivity contribution is 7.18. The SMILES string of the molecule is c1ccc(N2CCN(Cc3nc4cccnc4s3)CC2)nc1. The first-order chi connectivity index (χ1) is 10.9. The zero-order chi connectivity index (χ0) is 14.8. The molecular formula is C16H17N5S. The molecule has 0 N–H and O–H groups in total. The predicted molar refractivity (Wildman–Crippen MR) is 89.1 cm³/mol. The van der Waals surface area contributed by atoms with Crippen molar-refractivity contribution < 1.29 is 0 Å². The fourth-order valence-electron chi connectivity index (χ4n) is 2.75. The molecule has 1 saturated heterocycles. The maximum Gasteiger partial charge on any atom is 0.143 e. The van der Waals surface area contributed by atoms with Crippen molar-refractivity contribution in [2.45, 2.75) is 6.54 Å². The molecule has 4 heterocycles. The Morgan fingerprint density at radius 1 is 0.955 bits per heavy atom. The number of rotatable bonds is 3. The van der Waals surface area contributed by atoms with Gasteiger partial charge in [-0.3, -0.25) is 4.90 Å². The molecule has 0 atom stereocenters. The summed E-state index contributed by atoms with van der Waals surface area (Å²) in [5, 5.41) is 1.15. The van der Waals surface area contributed by atoms with Gasteiger partial charge in [0, 0.05) is 38.6 Å². The Morgan fingerprint density at radius 3 is 2.59 bits per heavy atom. The summed E-state index contributed by atoms with van der Waals surface area (Å²) in [6, 6.07) is 10.1. The van der Waals surface area contributed by atoms with Gasteiger partial charge in [-0.25, -0.2) is 15.0 Å². The van der Waals surface area contributed by atoms with Crippen molar-refractivity contribution in [2.24, 2.45) is 0 Å². The van der Waals surface area contributed by atoms with Crippen LogP contribution in [0.15, 0.2) is 42.7 Å². The fourth-order valence-corrected chi connectivity index (χ4v) is 3.70. The van der Waals surface area contributed by atoms with Crippen LogP contribution in [0.1, 0.15) is 5.01 Å². The molecule has 5 nitrogen and oxygen atoms in total. The van der Waals surface area contributed by atoms with E-state index in [1.807, 2.05) is 36.7 Å². The third-order valence-corrected chi connectivity index (χ3v) is 4.88. The Kier molecular flexibility index (Phi) is 3.70. The fraction of sp³-hybridized carbons (Fsp3) is 0.312. The number of anilines is 1. The highest BCUT2D eigenvalue weighted by Gasteiger charge is 2.19. The first kappa shape index (κ1) is 13.6. The minimum absolute atomic E-state index is 0.914. The lowest BCUT2D eigenvalue weighted by molar-refractivity contribution is 0.249. The molecule has 0 radical (unpaired) electrons. The molecule has 0 saturated carbocycles. The van der Waals surface area contributed by atoms with Crippen molar-refractivity contribution >= 4 is 27.5 Å². The normalized spacial score (nSPS) is 16.3. The third-order valence-electron chi connectivity index (χ3n) is 3.92. The second-order valence-electron chi connectivity index (χ2n) is 5.39. The lowest BCUT2D eigenvalue weighted by Gasteiger charge is -2.34. The molecule has 0 bridgehead atoms. The van der Waals surface area contributed by atoms with Crippen LogP contribution >= 0.6 is 11.3 Å². The van der Waals surface area contributed by atoms with Gasteiger partial charge < -0.3 is 4.90 Å². The second kappa shape index (κ2) is 5.98. The second-order valence-corrected chi connectivity index (χ2v) is 6.45. The molecule has 112 valence electrons. The van der Waals surface area contributed by atoms with Gasteiger partial charge in [-0.05, 0) is 24.3 Å².